The van der Waals surface area contributed by atoms with Gasteiger partial charge in [-0.05, 0) is 45.4 Å². The molecule has 0 aromatic rings. The highest BCUT2D eigenvalue weighted by atomic mass is 16.2. The summed E-state index contributed by atoms with van der Waals surface area (Å²) in [5.74, 6) is 0.430. The van der Waals surface area contributed by atoms with Crippen molar-refractivity contribution in [2.24, 2.45) is 0 Å². The molecule has 2 saturated heterocycles. The van der Waals surface area contributed by atoms with Gasteiger partial charge in [0, 0.05) is 12.1 Å². The maximum absolute atomic E-state index is 13.1. The molecule has 2 unspecified atom stereocenters. The van der Waals surface area contributed by atoms with E-state index in [1.807, 2.05) is 16.7 Å². The van der Waals surface area contributed by atoms with E-state index in [1.165, 1.54) is 19.3 Å². The van der Waals surface area contributed by atoms with Crippen LogP contribution < -0.4 is 0 Å². The van der Waals surface area contributed by atoms with Crippen molar-refractivity contribution in [3.05, 3.63) is 0 Å². The molecular weight excluding hydrogens is 264 g/mol. The second-order valence-corrected chi connectivity index (χ2v) is 7.23. The summed E-state index contributed by atoms with van der Waals surface area (Å²) in [6.45, 7) is 5.02. The molecule has 1 saturated carbocycles. The summed E-state index contributed by atoms with van der Waals surface area (Å²) in [5, 5.41) is 0. The number of nitrogens with zero attached hydrogens (tertiary/aromatic N) is 2. The molecule has 3 rings (SSSR count). The van der Waals surface area contributed by atoms with Gasteiger partial charge in [0.25, 0.3) is 0 Å². The van der Waals surface area contributed by atoms with Gasteiger partial charge in [0.2, 0.25) is 11.8 Å². The first-order chi connectivity index (χ1) is 10.1. The van der Waals surface area contributed by atoms with Gasteiger partial charge in [0.1, 0.15) is 12.1 Å². The number of piperazine rings is 1. The molecular formula is C17H28N2O2. The number of piperidine rings is 1. The van der Waals surface area contributed by atoms with E-state index in [-0.39, 0.29) is 29.4 Å². The van der Waals surface area contributed by atoms with Crippen molar-refractivity contribution in [1.82, 2.24) is 9.80 Å². The Hall–Kier alpha value is -1.06. The van der Waals surface area contributed by atoms with Crippen LogP contribution in [0.25, 0.3) is 0 Å². The molecule has 3 fully saturated rings. The third-order valence-electron chi connectivity index (χ3n) is 5.80. The highest BCUT2D eigenvalue weighted by molar-refractivity contribution is 5.97. The molecule has 118 valence electrons. The molecule has 21 heavy (non-hydrogen) atoms. The Morgan fingerprint density at radius 3 is 2.43 bits per heavy atom. The van der Waals surface area contributed by atoms with Gasteiger partial charge in [-0.3, -0.25) is 9.59 Å². The van der Waals surface area contributed by atoms with Crippen LogP contribution >= 0.6 is 0 Å². The summed E-state index contributed by atoms with van der Waals surface area (Å²) < 4.78 is 0. The molecule has 0 aromatic heterocycles. The Morgan fingerprint density at radius 1 is 1.05 bits per heavy atom. The van der Waals surface area contributed by atoms with E-state index in [0.717, 1.165) is 45.1 Å². The van der Waals surface area contributed by atoms with Gasteiger partial charge in [0.05, 0.1) is 0 Å². The molecule has 3 aliphatic rings. The second-order valence-electron chi connectivity index (χ2n) is 7.23. The van der Waals surface area contributed by atoms with Gasteiger partial charge < -0.3 is 9.80 Å². The fourth-order valence-electron chi connectivity index (χ4n) is 4.62. The van der Waals surface area contributed by atoms with E-state index in [2.05, 4.69) is 6.92 Å². The Bertz CT molecular complexity index is 429. The average molecular weight is 292 g/mol. The number of carbonyl (C=O) groups excluding carboxylic acids is 2. The van der Waals surface area contributed by atoms with E-state index in [4.69, 9.17) is 0 Å². The molecule has 2 heterocycles. The zero-order chi connectivity index (χ0) is 15.0. The van der Waals surface area contributed by atoms with E-state index < -0.39 is 0 Å². The van der Waals surface area contributed by atoms with Crippen molar-refractivity contribution in [2.75, 3.05) is 6.54 Å². The largest absolute Gasteiger partial charge is 0.329 e. The van der Waals surface area contributed by atoms with E-state index >= 15 is 0 Å². The van der Waals surface area contributed by atoms with Crippen molar-refractivity contribution in [1.29, 1.82) is 0 Å². The van der Waals surface area contributed by atoms with Crippen LogP contribution in [-0.2, 0) is 9.59 Å². The second kappa shape index (κ2) is 5.62. The lowest BCUT2D eigenvalue weighted by molar-refractivity contribution is -0.172. The van der Waals surface area contributed by atoms with Gasteiger partial charge >= 0.3 is 0 Å². The van der Waals surface area contributed by atoms with Crippen molar-refractivity contribution >= 4 is 11.8 Å². The van der Waals surface area contributed by atoms with Gasteiger partial charge in [-0.15, -0.1) is 0 Å². The summed E-state index contributed by atoms with van der Waals surface area (Å²) >= 11 is 0. The maximum Gasteiger partial charge on any atom is 0.246 e. The number of hydrogen-bond acceptors (Lipinski definition) is 2. The predicted octanol–water partition coefficient (Wildman–Crippen LogP) is 2.71. The van der Waals surface area contributed by atoms with E-state index in [0.29, 0.717) is 0 Å². The summed E-state index contributed by atoms with van der Waals surface area (Å²) in [4.78, 5) is 29.9. The third kappa shape index (κ3) is 2.36. The topological polar surface area (TPSA) is 40.6 Å². The molecule has 1 aliphatic carbocycles. The number of carbonyl (C=O) groups is 2. The number of fused-ring (bicyclic) bond motifs is 1. The molecule has 4 nitrogen and oxygen atoms in total. The van der Waals surface area contributed by atoms with Crippen LogP contribution in [0.1, 0.15) is 71.6 Å². The Morgan fingerprint density at radius 2 is 1.76 bits per heavy atom. The van der Waals surface area contributed by atoms with Crippen LogP contribution in [0.5, 0.6) is 0 Å². The van der Waals surface area contributed by atoms with Gasteiger partial charge in [-0.1, -0.05) is 26.2 Å². The molecule has 2 atom stereocenters. The smallest absolute Gasteiger partial charge is 0.246 e. The standard InChI is InChI=1S/C17H28N2O2/c1-3-13-15(20)18-12-8-5-9-14(18)16(21)19(13)17(2)10-6-4-7-11-17/h13-14H,3-12H2,1-2H3. The molecule has 0 aromatic carbocycles. The van der Waals surface area contributed by atoms with Crippen LogP contribution in [0.3, 0.4) is 0 Å². The third-order valence-corrected chi connectivity index (χ3v) is 5.80. The van der Waals surface area contributed by atoms with Crippen molar-refractivity contribution in [3.63, 3.8) is 0 Å². The fraction of sp³-hybridized carbons (Fsp3) is 0.882. The lowest BCUT2D eigenvalue weighted by atomic mass is 9.79. The lowest BCUT2D eigenvalue weighted by Crippen LogP contribution is -2.70. The minimum absolute atomic E-state index is 0.102. The molecule has 4 heteroatoms. The predicted molar refractivity (Wildman–Crippen MR) is 81.8 cm³/mol. The van der Waals surface area contributed by atoms with E-state index in [1.54, 1.807) is 0 Å². The number of hydrogen-bond donors (Lipinski definition) is 0. The van der Waals surface area contributed by atoms with Crippen molar-refractivity contribution < 1.29 is 9.59 Å². The highest BCUT2D eigenvalue weighted by Crippen LogP contribution is 2.39. The summed E-state index contributed by atoms with van der Waals surface area (Å²) in [5.41, 5.74) is -0.102. The monoisotopic (exact) mass is 292 g/mol. The minimum Gasteiger partial charge on any atom is -0.329 e. The Balaban J connectivity index is 1.93. The summed E-state index contributed by atoms with van der Waals surface area (Å²) in [6, 6.07) is -0.400. The van der Waals surface area contributed by atoms with Gasteiger partial charge in [-0.25, -0.2) is 0 Å². The first kappa shape index (κ1) is 14.9. The first-order valence-corrected chi connectivity index (χ1v) is 8.72. The van der Waals surface area contributed by atoms with E-state index in [9.17, 15) is 9.59 Å². The summed E-state index contributed by atoms with van der Waals surface area (Å²) in [7, 11) is 0. The number of amides is 2. The van der Waals surface area contributed by atoms with Gasteiger partial charge in [-0.2, -0.15) is 0 Å². The molecule has 2 amide bonds. The minimum atomic E-state index is -0.227. The zero-order valence-electron chi connectivity index (χ0n) is 13.4. The average Bonchev–Trinajstić information content (AvgIpc) is 2.51. The highest BCUT2D eigenvalue weighted by Gasteiger charge is 2.51. The van der Waals surface area contributed by atoms with Gasteiger partial charge in [0.15, 0.2) is 0 Å². The van der Waals surface area contributed by atoms with Crippen LogP contribution in [0.2, 0.25) is 0 Å². The number of rotatable bonds is 2. The Kier molecular flexibility index (Phi) is 3.98. The van der Waals surface area contributed by atoms with Crippen LogP contribution in [0, 0.1) is 0 Å². The van der Waals surface area contributed by atoms with Crippen molar-refractivity contribution in [3.8, 4) is 0 Å². The fourth-order valence-corrected chi connectivity index (χ4v) is 4.62. The first-order valence-electron chi connectivity index (χ1n) is 8.72. The maximum atomic E-state index is 13.1. The Labute approximate surface area is 127 Å². The van der Waals surface area contributed by atoms with Crippen LogP contribution in [0.4, 0.5) is 0 Å². The molecule has 0 bridgehead atoms. The summed E-state index contributed by atoms with van der Waals surface area (Å²) in [6.07, 6.45) is 9.43. The molecule has 2 aliphatic heterocycles. The van der Waals surface area contributed by atoms with Crippen LogP contribution in [0.15, 0.2) is 0 Å². The molecule has 0 spiro atoms. The SMILES string of the molecule is CCC1C(=O)N2CCCCC2C(=O)N1C1(C)CCCCC1. The zero-order valence-corrected chi connectivity index (χ0v) is 13.4. The van der Waals surface area contributed by atoms with Crippen molar-refractivity contribution in [2.45, 2.75) is 89.3 Å². The molecule has 0 N–H and O–H groups in total. The molecule has 0 radical (unpaired) electrons. The normalized spacial score (nSPS) is 33.0. The van der Waals surface area contributed by atoms with Crippen LogP contribution in [-0.4, -0.2) is 45.8 Å². The lowest BCUT2D eigenvalue weighted by Gasteiger charge is -2.54. The quantitative estimate of drug-likeness (QED) is 0.785.